The number of carbonyl (C=O) groups excluding carboxylic acids is 1. The van der Waals surface area contributed by atoms with Gasteiger partial charge in [-0.3, -0.25) is 4.79 Å². The number of amides is 1. The molecule has 0 aliphatic heterocycles. The molecule has 0 aromatic rings. The quantitative estimate of drug-likeness (QED) is 0.832. The highest BCUT2D eigenvalue weighted by Crippen LogP contribution is 2.31. The number of nitrogens with two attached hydrogens (primary N) is 1. The molecule has 1 aliphatic carbocycles. The lowest BCUT2D eigenvalue weighted by Gasteiger charge is -2.38. The van der Waals surface area contributed by atoms with Crippen molar-refractivity contribution in [2.24, 2.45) is 11.7 Å². The third-order valence-corrected chi connectivity index (χ3v) is 4.48. The number of hydrogen-bond acceptors (Lipinski definition) is 3. The highest BCUT2D eigenvalue weighted by molar-refractivity contribution is 5.85. The van der Waals surface area contributed by atoms with E-state index in [9.17, 15) is 4.79 Å². The second-order valence-corrected chi connectivity index (χ2v) is 6.73. The lowest BCUT2D eigenvalue weighted by atomic mass is 9.74. The Morgan fingerprint density at radius 1 is 1.35 bits per heavy atom. The van der Waals surface area contributed by atoms with Crippen LogP contribution in [0.15, 0.2) is 0 Å². The number of halogens is 2. The summed E-state index contributed by atoms with van der Waals surface area (Å²) in [5, 5.41) is 3.07. The molecule has 20 heavy (non-hydrogen) atoms. The van der Waals surface area contributed by atoms with Crippen molar-refractivity contribution in [2.75, 3.05) is 20.6 Å². The van der Waals surface area contributed by atoms with Crippen molar-refractivity contribution in [3.63, 3.8) is 0 Å². The number of likely N-dealkylation sites (N-methyl/N-ethyl adjacent to an activating group) is 1. The van der Waals surface area contributed by atoms with Crippen LogP contribution in [0.3, 0.4) is 0 Å². The smallest absolute Gasteiger partial charge is 0.225 e. The van der Waals surface area contributed by atoms with E-state index in [-0.39, 0.29) is 47.7 Å². The average Bonchev–Trinajstić information content (AvgIpc) is 2.25. The van der Waals surface area contributed by atoms with Crippen LogP contribution in [0.1, 0.15) is 46.5 Å². The van der Waals surface area contributed by atoms with Crippen LogP contribution in [0.4, 0.5) is 0 Å². The predicted molar refractivity (Wildman–Crippen MR) is 89.8 cm³/mol. The van der Waals surface area contributed by atoms with Crippen LogP contribution in [0, 0.1) is 5.92 Å². The van der Waals surface area contributed by atoms with Crippen molar-refractivity contribution in [3.05, 3.63) is 0 Å². The number of nitrogens with one attached hydrogen (secondary N) is 1. The molecule has 3 N–H and O–H groups in total. The zero-order valence-corrected chi connectivity index (χ0v) is 15.0. The van der Waals surface area contributed by atoms with Crippen LogP contribution in [0.5, 0.6) is 0 Å². The Morgan fingerprint density at radius 3 is 2.35 bits per heavy atom. The SMILES string of the molecule is CN(C)C(C)(C)CNC(=O)C1CCCCC1(C)N.Cl.Cl. The predicted octanol–water partition coefficient (Wildman–Crippen LogP) is 2.19. The minimum atomic E-state index is -0.343. The van der Waals surface area contributed by atoms with Crippen LogP contribution >= 0.6 is 24.8 Å². The van der Waals surface area contributed by atoms with Gasteiger partial charge in [0.15, 0.2) is 0 Å². The van der Waals surface area contributed by atoms with E-state index in [2.05, 4.69) is 24.1 Å². The van der Waals surface area contributed by atoms with Gasteiger partial charge in [-0.1, -0.05) is 12.8 Å². The third kappa shape index (κ3) is 5.76. The third-order valence-electron chi connectivity index (χ3n) is 4.48. The molecule has 1 saturated carbocycles. The Morgan fingerprint density at radius 2 is 1.90 bits per heavy atom. The van der Waals surface area contributed by atoms with Gasteiger partial charge >= 0.3 is 0 Å². The summed E-state index contributed by atoms with van der Waals surface area (Å²) in [7, 11) is 4.06. The second-order valence-electron chi connectivity index (χ2n) is 6.73. The summed E-state index contributed by atoms with van der Waals surface area (Å²) in [5.74, 6) is 0.0823. The van der Waals surface area contributed by atoms with Crippen molar-refractivity contribution in [2.45, 2.75) is 57.5 Å². The molecule has 0 aromatic heterocycles. The van der Waals surface area contributed by atoms with Gasteiger partial charge in [-0.15, -0.1) is 24.8 Å². The normalized spacial score (nSPS) is 26.4. The number of carbonyl (C=O) groups is 1. The molecule has 1 rings (SSSR count). The van der Waals surface area contributed by atoms with Gasteiger partial charge in [0.2, 0.25) is 5.91 Å². The summed E-state index contributed by atoms with van der Waals surface area (Å²) >= 11 is 0. The van der Waals surface area contributed by atoms with Crippen LogP contribution in [-0.2, 0) is 4.79 Å². The summed E-state index contributed by atoms with van der Waals surface area (Å²) in [5.41, 5.74) is 5.88. The first-order valence-electron chi connectivity index (χ1n) is 6.91. The van der Waals surface area contributed by atoms with Crippen LogP contribution in [0.25, 0.3) is 0 Å². The van der Waals surface area contributed by atoms with E-state index in [1.807, 2.05) is 21.0 Å². The zero-order valence-electron chi connectivity index (χ0n) is 13.4. The topological polar surface area (TPSA) is 58.4 Å². The molecule has 6 heteroatoms. The second kappa shape index (κ2) is 8.42. The van der Waals surface area contributed by atoms with Gasteiger partial charge in [0.05, 0.1) is 5.92 Å². The summed E-state index contributed by atoms with van der Waals surface area (Å²) < 4.78 is 0. The van der Waals surface area contributed by atoms with E-state index in [4.69, 9.17) is 5.73 Å². The van der Waals surface area contributed by atoms with Gasteiger partial charge in [0, 0.05) is 17.6 Å². The molecule has 2 unspecified atom stereocenters. The molecule has 0 bridgehead atoms. The average molecular weight is 328 g/mol. The largest absolute Gasteiger partial charge is 0.354 e. The van der Waals surface area contributed by atoms with Crippen LogP contribution < -0.4 is 11.1 Å². The molecule has 0 aromatic carbocycles. The molecule has 0 spiro atoms. The van der Waals surface area contributed by atoms with Crippen LogP contribution in [0.2, 0.25) is 0 Å². The molecular formula is C14H31Cl2N3O. The van der Waals surface area contributed by atoms with E-state index in [1.54, 1.807) is 0 Å². The molecule has 1 aliphatic rings. The summed E-state index contributed by atoms with van der Waals surface area (Å²) in [6, 6.07) is 0. The monoisotopic (exact) mass is 327 g/mol. The standard InChI is InChI=1S/C14H29N3O.2ClH/c1-13(2,17(4)5)10-16-12(18)11-8-6-7-9-14(11,3)15;;/h11H,6-10,15H2,1-5H3,(H,16,18);2*1H. The fourth-order valence-electron chi connectivity index (χ4n) is 2.37. The molecule has 0 heterocycles. The van der Waals surface area contributed by atoms with Crippen molar-refractivity contribution in [1.82, 2.24) is 10.2 Å². The fraction of sp³-hybridized carbons (Fsp3) is 0.929. The Balaban J connectivity index is 0. The maximum Gasteiger partial charge on any atom is 0.225 e. The van der Waals surface area contributed by atoms with E-state index in [0.29, 0.717) is 6.54 Å². The van der Waals surface area contributed by atoms with Crippen molar-refractivity contribution < 1.29 is 4.79 Å². The fourth-order valence-corrected chi connectivity index (χ4v) is 2.37. The first-order valence-corrected chi connectivity index (χ1v) is 6.91. The Labute approximate surface area is 136 Å². The lowest BCUT2D eigenvalue weighted by molar-refractivity contribution is -0.128. The van der Waals surface area contributed by atoms with Crippen molar-refractivity contribution in [3.8, 4) is 0 Å². The maximum absolute atomic E-state index is 12.3. The van der Waals surface area contributed by atoms with E-state index < -0.39 is 0 Å². The van der Waals surface area contributed by atoms with Gasteiger partial charge in [-0.25, -0.2) is 0 Å². The highest BCUT2D eigenvalue weighted by atomic mass is 35.5. The number of hydrogen-bond donors (Lipinski definition) is 2. The summed E-state index contributed by atoms with van der Waals surface area (Å²) in [6.45, 7) is 6.91. The first kappa shape index (κ1) is 22.3. The summed E-state index contributed by atoms with van der Waals surface area (Å²) in [6.07, 6.45) is 4.12. The van der Waals surface area contributed by atoms with Gasteiger partial charge in [0.25, 0.3) is 0 Å². The highest BCUT2D eigenvalue weighted by Gasteiger charge is 2.38. The first-order chi connectivity index (χ1) is 8.17. The van der Waals surface area contributed by atoms with E-state index in [1.165, 1.54) is 0 Å². The number of rotatable bonds is 4. The lowest BCUT2D eigenvalue weighted by Crippen LogP contribution is -2.55. The Hall–Kier alpha value is -0.0300. The Bertz CT molecular complexity index is 307. The van der Waals surface area contributed by atoms with Gasteiger partial charge in [-0.05, 0) is 47.7 Å². The Kier molecular flexibility index (Phi) is 9.37. The molecule has 0 saturated heterocycles. The zero-order chi connectivity index (χ0) is 14.0. The minimum absolute atomic E-state index is 0. The number of nitrogens with zero attached hydrogens (tertiary/aromatic N) is 1. The van der Waals surface area contributed by atoms with E-state index >= 15 is 0 Å². The van der Waals surface area contributed by atoms with Crippen LogP contribution in [-0.4, -0.2) is 42.5 Å². The molecule has 122 valence electrons. The van der Waals surface area contributed by atoms with Crippen molar-refractivity contribution >= 4 is 30.7 Å². The molecule has 1 amide bonds. The van der Waals surface area contributed by atoms with E-state index in [0.717, 1.165) is 25.7 Å². The molecule has 2 atom stereocenters. The van der Waals surface area contributed by atoms with Gasteiger partial charge in [-0.2, -0.15) is 0 Å². The summed E-state index contributed by atoms with van der Waals surface area (Å²) in [4.78, 5) is 14.4. The molecule has 0 radical (unpaired) electrons. The molecule has 1 fully saturated rings. The molecular weight excluding hydrogens is 297 g/mol. The van der Waals surface area contributed by atoms with Gasteiger partial charge in [0.1, 0.15) is 0 Å². The van der Waals surface area contributed by atoms with Gasteiger partial charge < -0.3 is 16.0 Å². The minimum Gasteiger partial charge on any atom is -0.354 e. The van der Waals surface area contributed by atoms with Crippen molar-refractivity contribution in [1.29, 1.82) is 0 Å². The molecule has 4 nitrogen and oxygen atoms in total. The maximum atomic E-state index is 12.3.